The highest BCUT2D eigenvalue weighted by Gasteiger charge is 2.59. The van der Waals surface area contributed by atoms with Crippen LogP contribution in [0.3, 0.4) is 0 Å². The molecule has 1 aromatic heterocycles. The molecule has 0 saturated carbocycles. The number of amides is 3. The lowest BCUT2D eigenvalue weighted by Crippen LogP contribution is -2.47. The zero-order valence-corrected chi connectivity index (χ0v) is 17.9. The van der Waals surface area contributed by atoms with Crippen molar-refractivity contribution < 1.29 is 14.4 Å². The topological polar surface area (TPSA) is 109 Å². The molecule has 3 amide bonds. The third kappa shape index (κ3) is 3.26. The fraction of sp³-hybridized carbons (Fsp3) is 0.417. The average Bonchev–Trinajstić information content (AvgIpc) is 3.34. The molecular formula is C24H27N5O3. The summed E-state index contributed by atoms with van der Waals surface area (Å²) in [6.07, 6.45) is 5.36. The van der Waals surface area contributed by atoms with Crippen LogP contribution in [0, 0.1) is 5.92 Å². The lowest BCUT2D eigenvalue weighted by molar-refractivity contribution is -0.135. The molecule has 32 heavy (non-hydrogen) atoms. The van der Waals surface area contributed by atoms with Crippen molar-refractivity contribution in [2.24, 2.45) is 11.7 Å². The molecule has 1 aromatic carbocycles. The van der Waals surface area contributed by atoms with Gasteiger partial charge in [0.1, 0.15) is 5.41 Å². The van der Waals surface area contributed by atoms with E-state index in [2.05, 4.69) is 15.2 Å². The van der Waals surface area contributed by atoms with E-state index in [-0.39, 0.29) is 30.2 Å². The SMILES string of the molecule is NC(=O)C1CCN(CC(=O)N2CCC3(C(=O)Nc4ccccc43)C2c2cccnc2)CC1. The van der Waals surface area contributed by atoms with Crippen molar-refractivity contribution in [3.63, 3.8) is 0 Å². The molecule has 3 N–H and O–H groups in total. The third-order valence-electron chi connectivity index (χ3n) is 7.26. The Balaban J connectivity index is 1.44. The molecule has 0 aliphatic carbocycles. The standard InChI is InChI=1S/C24H27N5O3/c25-22(31)16-7-11-28(12-8-16)15-20(30)29-13-9-24(21(29)17-4-3-10-26-14-17)18-5-1-2-6-19(18)27-23(24)32/h1-6,10,14,16,21H,7-9,11-13,15H2,(H2,25,31)(H,27,32). The van der Waals surface area contributed by atoms with Crippen LogP contribution >= 0.6 is 0 Å². The summed E-state index contributed by atoms with van der Waals surface area (Å²) in [4.78, 5) is 46.5. The molecular weight excluding hydrogens is 406 g/mol. The quantitative estimate of drug-likeness (QED) is 0.759. The summed E-state index contributed by atoms with van der Waals surface area (Å²) in [5.74, 6) is -0.450. The highest BCUT2D eigenvalue weighted by molar-refractivity contribution is 6.07. The zero-order chi connectivity index (χ0) is 22.3. The molecule has 4 heterocycles. The number of aromatic nitrogens is 1. The Morgan fingerprint density at radius 2 is 1.91 bits per heavy atom. The first kappa shape index (κ1) is 20.6. The number of benzene rings is 1. The number of hydrogen-bond acceptors (Lipinski definition) is 5. The molecule has 166 valence electrons. The number of nitrogens with zero attached hydrogens (tertiary/aromatic N) is 3. The minimum atomic E-state index is -0.825. The van der Waals surface area contributed by atoms with Crippen LogP contribution in [0.15, 0.2) is 48.8 Å². The number of para-hydroxylation sites is 1. The van der Waals surface area contributed by atoms with Crippen molar-refractivity contribution in [3.8, 4) is 0 Å². The predicted octanol–water partition coefficient (Wildman–Crippen LogP) is 1.44. The number of rotatable bonds is 4. The Labute approximate surface area is 186 Å². The van der Waals surface area contributed by atoms with E-state index in [0.717, 1.165) is 16.8 Å². The maximum Gasteiger partial charge on any atom is 0.237 e. The van der Waals surface area contributed by atoms with Gasteiger partial charge in [0.05, 0.1) is 12.6 Å². The molecule has 2 saturated heterocycles. The number of hydrogen-bond donors (Lipinski definition) is 2. The predicted molar refractivity (Wildman–Crippen MR) is 118 cm³/mol. The van der Waals surface area contributed by atoms with E-state index in [4.69, 9.17) is 5.73 Å². The summed E-state index contributed by atoms with van der Waals surface area (Å²) in [5, 5.41) is 3.03. The number of primary amides is 1. The first-order valence-corrected chi connectivity index (χ1v) is 11.1. The van der Waals surface area contributed by atoms with Crippen molar-refractivity contribution in [3.05, 3.63) is 59.9 Å². The highest BCUT2D eigenvalue weighted by atomic mass is 16.2. The Kier molecular flexibility index (Phi) is 5.17. The van der Waals surface area contributed by atoms with Crippen LogP contribution in [0.5, 0.6) is 0 Å². The minimum Gasteiger partial charge on any atom is -0.369 e. The highest BCUT2D eigenvalue weighted by Crippen LogP contribution is 2.54. The van der Waals surface area contributed by atoms with Crippen molar-refractivity contribution in [1.82, 2.24) is 14.8 Å². The summed E-state index contributed by atoms with van der Waals surface area (Å²) in [6, 6.07) is 11.1. The summed E-state index contributed by atoms with van der Waals surface area (Å²) in [5.41, 5.74) is 7.23. The minimum absolute atomic E-state index is 0.00886. The smallest absolute Gasteiger partial charge is 0.237 e. The number of fused-ring (bicyclic) bond motifs is 2. The normalized spacial score (nSPS) is 25.7. The second-order valence-electron chi connectivity index (χ2n) is 8.95. The number of likely N-dealkylation sites (tertiary alicyclic amines) is 2. The van der Waals surface area contributed by atoms with Crippen LogP contribution in [-0.4, -0.2) is 58.7 Å². The second-order valence-corrected chi connectivity index (χ2v) is 8.95. The Bertz CT molecular complexity index is 1050. The van der Waals surface area contributed by atoms with Gasteiger partial charge in [-0.3, -0.25) is 24.3 Å². The van der Waals surface area contributed by atoms with Gasteiger partial charge in [-0.15, -0.1) is 0 Å². The van der Waals surface area contributed by atoms with Gasteiger partial charge in [0.15, 0.2) is 0 Å². The maximum atomic E-state index is 13.5. The maximum absolute atomic E-state index is 13.5. The first-order chi connectivity index (χ1) is 15.5. The van der Waals surface area contributed by atoms with Crippen LogP contribution in [0.2, 0.25) is 0 Å². The van der Waals surface area contributed by atoms with Crippen molar-refractivity contribution in [1.29, 1.82) is 0 Å². The molecule has 8 heteroatoms. The zero-order valence-electron chi connectivity index (χ0n) is 17.9. The van der Waals surface area contributed by atoms with Crippen LogP contribution in [0.25, 0.3) is 0 Å². The monoisotopic (exact) mass is 433 g/mol. The molecule has 2 atom stereocenters. The lowest BCUT2D eigenvalue weighted by Gasteiger charge is -2.36. The van der Waals surface area contributed by atoms with Gasteiger partial charge in [0.25, 0.3) is 0 Å². The Morgan fingerprint density at radius 1 is 1.12 bits per heavy atom. The van der Waals surface area contributed by atoms with Crippen molar-refractivity contribution in [2.75, 3.05) is 31.5 Å². The molecule has 2 fully saturated rings. The van der Waals surface area contributed by atoms with E-state index >= 15 is 0 Å². The fourth-order valence-electron chi connectivity index (χ4n) is 5.61. The van der Waals surface area contributed by atoms with Gasteiger partial charge in [-0.2, -0.15) is 0 Å². The van der Waals surface area contributed by atoms with Crippen molar-refractivity contribution >= 4 is 23.4 Å². The molecule has 8 nitrogen and oxygen atoms in total. The summed E-state index contributed by atoms with van der Waals surface area (Å²) in [7, 11) is 0. The van der Waals surface area contributed by atoms with Crippen LogP contribution in [0.4, 0.5) is 5.69 Å². The number of carbonyl (C=O) groups excluding carboxylic acids is 3. The van der Waals surface area contributed by atoms with Gasteiger partial charge in [-0.25, -0.2) is 0 Å². The molecule has 1 spiro atoms. The van der Waals surface area contributed by atoms with Gasteiger partial charge >= 0.3 is 0 Å². The molecule has 5 rings (SSSR count). The molecule has 3 aliphatic rings. The molecule has 3 aliphatic heterocycles. The number of carbonyl (C=O) groups is 3. The molecule has 2 aromatic rings. The van der Waals surface area contributed by atoms with E-state index in [9.17, 15) is 14.4 Å². The average molecular weight is 434 g/mol. The first-order valence-electron chi connectivity index (χ1n) is 11.1. The Morgan fingerprint density at radius 3 is 2.62 bits per heavy atom. The van der Waals surface area contributed by atoms with Crippen molar-refractivity contribution in [2.45, 2.75) is 30.7 Å². The number of nitrogens with one attached hydrogen (secondary N) is 1. The van der Waals surface area contributed by atoms with Gasteiger partial charge < -0.3 is 16.0 Å². The Hall–Kier alpha value is -3.26. The van der Waals surface area contributed by atoms with Gasteiger partial charge in [0.2, 0.25) is 17.7 Å². The third-order valence-corrected chi connectivity index (χ3v) is 7.26. The van der Waals surface area contributed by atoms with Gasteiger partial charge in [0, 0.05) is 30.5 Å². The van der Waals surface area contributed by atoms with Gasteiger partial charge in [-0.1, -0.05) is 24.3 Å². The fourth-order valence-corrected chi connectivity index (χ4v) is 5.61. The summed E-state index contributed by atoms with van der Waals surface area (Å²) < 4.78 is 0. The van der Waals surface area contributed by atoms with Crippen LogP contribution < -0.4 is 11.1 Å². The van der Waals surface area contributed by atoms with Crippen LogP contribution in [-0.2, 0) is 19.8 Å². The van der Waals surface area contributed by atoms with Gasteiger partial charge in [-0.05, 0) is 55.6 Å². The number of nitrogens with two attached hydrogens (primary N) is 1. The van der Waals surface area contributed by atoms with E-state index in [0.29, 0.717) is 38.9 Å². The number of anilines is 1. The second kappa shape index (κ2) is 8.02. The van der Waals surface area contributed by atoms with E-state index in [1.807, 2.05) is 41.3 Å². The lowest BCUT2D eigenvalue weighted by atomic mass is 9.73. The van der Waals surface area contributed by atoms with Crippen LogP contribution in [0.1, 0.15) is 36.4 Å². The number of pyridine rings is 1. The van der Waals surface area contributed by atoms with E-state index in [1.165, 1.54) is 0 Å². The summed E-state index contributed by atoms with van der Waals surface area (Å²) >= 11 is 0. The largest absolute Gasteiger partial charge is 0.369 e. The molecule has 2 unspecified atom stereocenters. The van der Waals surface area contributed by atoms with E-state index < -0.39 is 11.5 Å². The molecule has 0 bridgehead atoms. The molecule has 0 radical (unpaired) electrons. The summed E-state index contributed by atoms with van der Waals surface area (Å²) in [6.45, 7) is 2.10. The number of piperidine rings is 1. The van der Waals surface area contributed by atoms with E-state index in [1.54, 1.807) is 12.4 Å².